The van der Waals surface area contributed by atoms with E-state index >= 15 is 0 Å². The number of H-pyrrole nitrogens is 1. The van der Waals surface area contributed by atoms with E-state index in [1.807, 2.05) is 0 Å². The number of pyridine rings is 1. The van der Waals surface area contributed by atoms with Gasteiger partial charge in [0.2, 0.25) is 10.0 Å². The smallest absolute Gasteiger partial charge is 0.275 e. The number of carbonyl (C=O) groups excluding carboxylic acids is 1. The van der Waals surface area contributed by atoms with E-state index in [4.69, 9.17) is 0 Å². The van der Waals surface area contributed by atoms with Crippen LogP contribution in [0.1, 0.15) is 10.5 Å². The molecule has 32 heavy (non-hydrogen) atoms. The Morgan fingerprint density at radius 2 is 1.69 bits per heavy atom. The summed E-state index contributed by atoms with van der Waals surface area (Å²) >= 11 is 0. The van der Waals surface area contributed by atoms with Gasteiger partial charge in [-0.05, 0) is 18.2 Å². The number of hydrogen-bond acceptors (Lipinski definition) is 6. The topological polar surface area (TPSA) is 121 Å². The van der Waals surface area contributed by atoms with E-state index < -0.39 is 10.0 Å². The van der Waals surface area contributed by atoms with Crippen molar-refractivity contribution in [1.29, 1.82) is 0 Å². The van der Waals surface area contributed by atoms with Crippen LogP contribution < -0.4 is 5.56 Å². The Morgan fingerprint density at radius 3 is 2.44 bits per heavy atom. The van der Waals surface area contributed by atoms with Crippen molar-refractivity contribution in [3.05, 3.63) is 64.8 Å². The molecule has 1 aromatic carbocycles. The van der Waals surface area contributed by atoms with Crippen LogP contribution in [0.5, 0.6) is 0 Å². The summed E-state index contributed by atoms with van der Waals surface area (Å²) < 4.78 is 28.9. The van der Waals surface area contributed by atoms with Crippen molar-refractivity contribution in [2.24, 2.45) is 7.05 Å². The van der Waals surface area contributed by atoms with Gasteiger partial charge in [0, 0.05) is 56.4 Å². The van der Waals surface area contributed by atoms with Crippen molar-refractivity contribution < 1.29 is 13.2 Å². The quantitative estimate of drug-likeness (QED) is 0.494. The summed E-state index contributed by atoms with van der Waals surface area (Å²) in [5.74, 6) is -0.329. The molecule has 0 atom stereocenters. The van der Waals surface area contributed by atoms with Gasteiger partial charge in [-0.3, -0.25) is 9.59 Å². The average molecular weight is 452 g/mol. The molecule has 3 aromatic heterocycles. The van der Waals surface area contributed by atoms with Gasteiger partial charge >= 0.3 is 0 Å². The van der Waals surface area contributed by atoms with Crippen molar-refractivity contribution in [1.82, 2.24) is 29.0 Å². The highest BCUT2D eigenvalue weighted by Gasteiger charge is 2.33. The molecule has 0 unspecified atom stereocenters. The standard InChI is InChI=1S/C21H20N6O4S/c1-25-20(28)15-6-3-2-5-14(15)18(24-25)21(29)26-9-11-27(12-10-26)32(30,31)17-13-23-19-16(17)7-4-8-22-19/h2-8,13H,9-12H2,1H3,(H,22,23). The molecule has 1 aliphatic rings. The predicted molar refractivity (Wildman–Crippen MR) is 118 cm³/mol. The first-order chi connectivity index (χ1) is 15.4. The maximum absolute atomic E-state index is 13.2. The number of fused-ring (bicyclic) bond motifs is 2. The van der Waals surface area contributed by atoms with Crippen molar-refractivity contribution in [3.63, 3.8) is 0 Å². The minimum Gasteiger partial charge on any atom is -0.345 e. The second-order valence-electron chi connectivity index (χ2n) is 7.57. The highest BCUT2D eigenvalue weighted by atomic mass is 32.2. The number of nitrogens with zero attached hydrogens (tertiary/aromatic N) is 5. The molecule has 1 fully saturated rings. The van der Waals surface area contributed by atoms with Crippen molar-refractivity contribution in [2.75, 3.05) is 26.2 Å². The minimum atomic E-state index is -3.74. The molecular formula is C21H20N6O4S. The Labute approximate surface area is 183 Å². The lowest BCUT2D eigenvalue weighted by molar-refractivity contribution is 0.0692. The highest BCUT2D eigenvalue weighted by Crippen LogP contribution is 2.25. The first-order valence-corrected chi connectivity index (χ1v) is 11.5. The zero-order chi connectivity index (χ0) is 22.5. The SMILES string of the molecule is Cn1nc(C(=O)N2CCN(S(=O)(=O)c3c[nH]c4ncccc34)CC2)c2ccccc2c1=O. The van der Waals surface area contributed by atoms with E-state index in [1.54, 1.807) is 47.5 Å². The molecule has 1 aliphatic heterocycles. The maximum atomic E-state index is 13.2. The van der Waals surface area contributed by atoms with Crippen molar-refractivity contribution >= 4 is 37.7 Å². The molecule has 0 saturated carbocycles. The van der Waals surface area contributed by atoms with Crippen LogP contribution in [0.2, 0.25) is 0 Å². The number of aromatic nitrogens is 4. The molecule has 1 saturated heterocycles. The second kappa shape index (κ2) is 7.53. The Balaban J connectivity index is 1.40. The Kier molecular flexibility index (Phi) is 4.79. The first kappa shape index (κ1) is 20.3. The van der Waals surface area contributed by atoms with Gasteiger partial charge in [-0.25, -0.2) is 18.1 Å². The summed E-state index contributed by atoms with van der Waals surface area (Å²) in [6.45, 7) is 0.754. The summed E-state index contributed by atoms with van der Waals surface area (Å²) in [7, 11) is -2.24. The van der Waals surface area contributed by atoms with Crippen LogP contribution in [0.4, 0.5) is 0 Å². The summed E-state index contributed by atoms with van der Waals surface area (Å²) in [4.78, 5) is 34.3. The third-order valence-corrected chi connectivity index (χ3v) is 7.65. The van der Waals surface area contributed by atoms with E-state index in [0.29, 0.717) is 21.8 Å². The molecule has 0 aliphatic carbocycles. The highest BCUT2D eigenvalue weighted by molar-refractivity contribution is 7.89. The molecule has 0 bridgehead atoms. The summed E-state index contributed by atoms with van der Waals surface area (Å²) in [5.41, 5.74) is 0.413. The summed E-state index contributed by atoms with van der Waals surface area (Å²) in [5, 5.41) is 5.63. The van der Waals surface area contributed by atoms with Crippen molar-refractivity contribution in [3.8, 4) is 0 Å². The number of benzene rings is 1. The molecule has 1 amide bonds. The van der Waals surface area contributed by atoms with E-state index in [0.717, 1.165) is 4.68 Å². The average Bonchev–Trinajstić information content (AvgIpc) is 3.26. The van der Waals surface area contributed by atoms with Gasteiger partial charge in [-0.15, -0.1) is 0 Å². The molecule has 0 radical (unpaired) electrons. The number of amides is 1. The van der Waals surface area contributed by atoms with Crippen LogP contribution >= 0.6 is 0 Å². The lowest BCUT2D eigenvalue weighted by Gasteiger charge is -2.33. The van der Waals surface area contributed by atoms with Gasteiger partial charge in [0.1, 0.15) is 10.5 Å². The molecule has 11 heteroatoms. The number of hydrogen-bond donors (Lipinski definition) is 1. The monoisotopic (exact) mass is 452 g/mol. The number of rotatable bonds is 3. The van der Waals surface area contributed by atoms with Crippen LogP contribution in [0, 0.1) is 0 Å². The molecular weight excluding hydrogens is 432 g/mol. The third kappa shape index (κ3) is 3.17. The number of carbonyl (C=O) groups is 1. The fourth-order valence-corrected chi connectivity index (χ4v) is 5.59. The van der Waals surface area contributed by atoms with Crippen molar-refractivity contribution in [2.45, 2.75) is 4.90 Å². The van der Waals surface area contributed by atoms with E-state index in [2.05, 4.69) is 15.1 Å². The Bertz CT molecular complexity index is 1520. The molecule has 1 N–H and O–H groups in total. The number of piperazine rings is 1. The van der Waals surface area contributed by atoms with Gasteiger partial charge < -0.3 is 9.88 Å². The second-order valence-corrected chi connectivity index (χ2v) is 9.48. The van der Waals surface area contributed by atoms with E-state index in [1.165, 1.54) is 17.5 Å². The normalized spacial score (nSPS) is 15.5. The number of sulfonamides is 1. The predicted octanol–water partition coefficient (Wildman–Crippen LogP) is 0.957. The summed E-state index contributed by atoms with van der Waals surface area (Å²) in [6.07, 6.45) is 3.04. The van der Waals surface area contributed by atoms with E-state index in [9.17, 15) is 18.0 Å². The maximum Gasteiger partial charge on any atom is 0.275 e. The van der Waals surface area contributed by atoms with Crippen LogP contribution in [0.3, 0.4) is 0 Å². The van der Waals surface area contributed by atoms with Crippen LogP contribution in [-0.2, 0) is 17.1 Å². The zero-order valence-corrected chi connectivity index (χ0v) is 18.0. The fraction of sp³-hybridized carbons (Fsp3) is 0.238. The van der Waals surface area contributed by atoms with Crippen LogP contribution in [-0.4, -0.2) is 69.5 Å². The van der Waals surface area contributed by atoms with Crippen LogP contribution in [0.25, 0.3) is 21.8 Å². The molecule has 10 nitrogen and oxygen atoms in total. The largest absolute Gasteiger partial charge is 0.345 e. The zero-order valence-electron chi connectivity index (χ0n) is 17.2. The minimum absolute atomic E-state index is 0.157. The molecule has 5 rings (SSSR count). The van der Waals surface area contributed by atoms with Gasteiger partial charge in [0.05, 0.1) is 5.39 Å². The van der Waals surface area contributed by atoms with Gasteiger partial charge in [-0.2, -0.15) is 9.40 Å². The lowest BCUT2D eigenvalue weighted by Crippen LogP contribution is -2.50. The van der Waals surface area contributed by atoms with Gasteiger partial charge in [0.15, 0.2) is 5.69 Å². The van der Waals surface area contributed by atoms with Gasteiger partial charge in [-0.1, -0.05) is 18.2 Å². The molecule has 164 valence electrons. The molecule has 4 heterocycles. The first-order valence-electron chi connectivity index (χ1n) is 10.1. The molecule has 4 aromatic rings. The Hall–Kier alpha value is -3.57. The Morgan fingerprint density at radius 1 is 1.00 bits per heavy atom. The molecule has 0 spiro atoms. The van der Waals surface area contributed by atoms with E-state index in [-0.39, 0.29) is 48.2 Å². The van der Waals surface area contributed by atoms with Gasteiger partial charge in [0.25, 0.3) is 11.5 Å². The lowest BCUT2D eigenvalue weighted by atomic mass is 10.1. The van der Waals surface area contributed by atoms with Crippen LogP contribution in [0.15, 0.2) is 58.5 Å². The number of aryl methyl sites for hydroxylation is 1. The third-order valence-electron chi connectivity index (χ3n) is 5.72. The summed E-state index contributed by atoms with van der Waals surface area (Å²) in [6, 6.07) is 10.3. The number of nitrogens with one attached hydrogen (secondary N) is 1. The fourth-order valence-electron chi connectivity index (χ4n) is 4.02. The number of aromatic amines is 1.